The Kier molecular flexibility index (Phi) is 5.31. The summed E-state index contributed by atoms with van der Waals surface area (Å²) >= 11 is 1.65. The number of pyridine rings is 1. The predicted molar refractivity (Wildman–Crippen MR) is 116 cm³/mol. The first-order chi connectivity index (χ1) is 13.8. The van der Waals surface area contributed by atoms with Gasteiger partial charge in [0.15, 0.2) is 0 Å². The minimum Gasteiger partial charge on any atom is -0.330 e. The van der Waals surface area contributed by atoms with E-state index in [1.54, 1.807) is 17.4 Å². The number of fused-ring (bicyclic) bond motifs is 1. The molecule has 2 aromatic carbocycles. The monoisotopic (exact) mass is 384 g/mol. The number of aromatic nitrogens is 1. The van der Waals surface area contributed by atoms with Crippen LogP contribution in [0.2, 0.25) is 0 Å². The summed E-state index contributed by atoms with van der Waals surface area (Å²) in [6.45, 7) is 4.89. The van der Waals surface area contributed by atoms with Gasteiger partial charge in [-0.3, -0.25) is 4.79 Å². The van der Waals surface area contributed by atoms with Crippen LogP contribution in [0.3, 0.4) is 0 Å². The van der Waals surface area contributed by atoms with Gasteiger partial charge in [0.1, 0.15) is 0 Å². The molecule has 0 atom stereocenters. The summed E-state index contributed by atoms with van der Waals surface area (Å²) in [5.41, 5.74) is 3.29. The van der Waals surface area contributed by atoms with E-state index in [2.05, 4.69) is 6.58 Å². The third kappa shape index (κ3) is 3.73. The molecule has 0 fully saturated rings. The highest BCUT2D eigenvalue weighted by molar-refractivity contribution is 7.09. The summed E-state index contributed by atoms with van der Waals surface area (Å²) in [6, 6.07) is 23.7. The van der Waals surface area contributed by atoms with Crippen LogP contribution in [0.15, 0.2) is 90.8 Å². The third-order valence-electron chi connectivity index (χ3n) is 4.58. The van der Waals surface area contributed by atoms with E-state index in [0.29, 0.717) is 18.7 Å². The van der Waals surface area contributed by atoms with Crippen molar-refractivity contribution in [1.82, 2.24) is 9.88 Å². The van der Waals surface area contributed by atoms with Gasteiger partial charge in [-0.15, -0.1) is 17.9 Å². The number of carbonyl (C=O) groups excluding carboxylic acids is 1. The van der Waals surface area contributed by atoms with Gasteiger partial charge in [0.05, 0.1) is 23.3 Å². The Hall–Kier alpha value is -3.24. The van der Waals surface area contributed by atoms with Crippen LogP contribution in [0.5, 0.6) is 0 Å². The van der Waals surface area contributed by atoms with Crippen LogP contribution in [0.25, 0.3) is 22.2 Å². The standard InChI is InChI=1S/C24H20N2OS/c1-2-14-26(17-19-11-8-15-28-19)24(27)21-16-23(18-9-4-3-5-10-18)25-22-13-7-6-12-20(21)22/h2-13,15-16H,1,14,17H2. The van der Waals surface area contributed by atoms with E-state index in [0.717, 1.165) is 27.0 Å². The summed E-state index contributed by atoms with van der Waals surface area (Å²) in [7, 11) is 0. The third-order valence-corrected chi connectivity index (χ3v) is 5.44. The first-order valence-electron chi connectivity index (χ1n) is 9.14. The molecule has 2 aromatic heterocycles. The molecule has 3 nitrogen and oxygen atoms in total. The Morgan fingerprint density at radius 3 is 2.57 bits per heavy atom. The Morgan fingerprint density at radius 2 is 1.82 bits per heavy atom. The summed E-state index contributed by atoms with van der Waals surface area (Å²) in [5, 5.41) is 2.90. The van der Waals surface area contributed by atoms with E-state index in [4.69, 9.17) is 4.98 Å². The SMILES string of the molecule is C=CCN(Cc1cccs1)C(=O)c1cc(-c2ccccc2)nc2ccccc12. The van der Waals surface area contributed by atoms with Crippen molar-refractivity contribution < 1.29 is 4.79 Å². The molecule has 0 saturated carbocycles. The quantitative estimate of drug-likeness (QED) is 0.394. The van der Waals surface area contributed by atoms with Crippen LogP contribution in [0.1, 0.15) is 15.2 Å². The fourth-order valence-corrected chi connectivity index (χ4v) is 3.96. The minimum atomic E-state index is -0.0101. The van der Waals surface area contributed by atoms with Crippen LogP contribution in [-0.4, -0.2) is 22.3 Å². The van der Waals surface area contributed by atoms with E-state index in [1.165, 1.54) is 0 Å². The van der Waals surface area contributed by atoms with Gasteiger partial charge in [-0.05, 0) is 23.6 Å². The summed E-state index contributed by atoms with van der Waals surface area (Å²) in [4.78, 5) is 21.3. The first kappa shape index (κ1) is 18.1. The van der Waals surface area contributed by atoms with E-state index in [1.807, 2.05) is 83.1 Å². The highest BCUT2D eigenvalue weighted by atomic mass is 32.1. The first-order valence-corrected chi connectivity index (χ1v) is 10.0. The van der Waals surface area contributed by atoms with Gasteiger partial charge in [0.25, 0.3) is 5.91 Å². The van der Waals surface area contributed by atoms with Crippen molar-refractivity contribution in [2.45, 2.75) is 6.54 Å². The second-order valence-corrected chi connectivity index (χ2v) is 7.52. The number of amides is 1. The average Bonchev–Trinajstić information content (AvgIpc) is 3.26. The van der Waals surface area contributed by atoms with Crippen molar-refractivity contribution >= 4 is 28.1 Å². The van der Waals surface area contributed by atoms with Gasteiger partial charge in [-0.25, -0.2) is 4.98 Å². The molecule has 1 amide bonds. The second-order valence-electron chi connectivity index (χ2n) is 6.49. The molecule has 4 aromatic rings. The topological polar surface area (TPSA) is 33.2 Å². The van der Waals surface area contributed by atoms with Crippen molar-refractivity contribution in [2.24, 2.45) is 0 Å². The van der Waals surface area contributed by atoms with Gasteiger partial charge in [0, 0.05) is 22.4 Å². The molecule has 0 saturated heterocycles. The van der Waals surface area contributed by atoms with Gasteiger partial charge < -0.3 is 4.90 Å². The molecule has 0 aliphatic rings. The number of para-hydroxylation sites is 1. The van der Waals surface area contributed by atoms with Gasteiger partial charge >= 0.3 is 0 Å². The van der Waals surface area contributed by atoms with Crippen molar-refractivity contribution in [3.05, 3.63) is 101 Å². The number of rotatable bonds is 6. The van der Waals surface area contributed by atoms with E-state index < -0.39 is 0 Å². The van der Waals surface area contributed by atoms with Crippen LogP contribution in [0, 0.1) is 0 Å². The molecule has 0 aliphatic heterocycles. The van der Waals surface area contributed by atoms with Crippen molar-refractivity contribution in [3.8, 4) is 11.3 Å². The second kappa shape index (κ2) is 8.19. The zero-order valence-electron chi connectivity index (χ0n) is 15.4. The zero-order valence-corrected chi connectivity index (χ0v) is 16.2. The maximum absolute atomic E-state index is 13.5. The van der Waals surface area contributed by atoms with Gasteiger partial charge in [-0.2, -0.15) is 0 Å². The van der Waals surface area contributed by atoms with Crippen LogP contribution in [-0.2, 0) is 6.54 Å². The number of thiophene rings is 1. The summed E-state index contributed by atoms with van der Waals surface area (Å²) in [6.07, 6.45) is 1.77. The zero-order chi connectivity index (χ0) is 19.3. The smallest absolute Gasteiger partial charge is 0.255 e. The molecular formula is C24H20N2OS. The van der Waals surface area contributed by atoms with Crippen LogP contribution < -0.4 is 0 Å². The normalized spacial score (nSPS) is 10.7. The summed E-state index contributed by atoms with van der Waals surface area (Å²) < 4.78 is 0. The summed E-state index contributed by atoms with van der Waals surface area (Å²) in [5.74, 6) is -0.0101. The van der Waals surface area contributed by atoms with Crippen molar-refractivity contribution in [3.63, 3.8) is 0 Å². The lowest BCUT2D eigenvalue weighted by atomic mass is 10.0. The number of benzene rings is 2. The molecule has 2 heterocycles. The van der Waals surface area contributed by atoms with Crippen molar-refractivity contribution in [2.75, 3.05) is 6.54 Å². The lowest BCUT2D eigenvalue weighted by molar-refractivity contribution is 0.0766. The Balaban J connectivity index is 1.81. The molecule has 4 rings (SSSR count). The Labute approximate surface area is 168 Å². The minimum absolute atomic E-state index is 0.0101. The fraction of sp³-hybridized carbons (Fsp3) is 0.0833. The molecule has 28 heavy (non-hydrogen) atoms. The highest BCUT2D eigenvalue weighted by Gasteiger charge is 2.20. The highest BCUT2D eigenvalue weighted by Crippen LogP contribution is 2.26. The van der Waals surface area contributed by atoms with E-state index in [9.17, 15) is 4.79 Å². The van der Waals surface area contributed by atoms with Gasteiger partial charge in [0.2, 0.25) is 0 Å². The molecular weight excluding hydrogens is 364 g/mol. The fourth-order valence-electron chi connectivity index (χ4n) is 3.25. The Morgan fingerprint density at radius 1 is 1.04 bits per heavy atom. The number of hydrogen-bond donors (Lipinski definition) is 0. The number of hydrogen-bond acceptors (Lipinski definition) is 3. The average molecular weight is 385 g/mol. The van der Waals surface area contributed by atoms with Crippen molar-refractivity contribution in [1.29, 1.82) is 0 Å². The molecule has 0 radical (unpaired) electrons. The largest absolute Gasteiger partial charge is 0.330 e. The van der Waals surface area contributed by atoms with E-state index >= 15 is 0 Å². The van der Waals surface area contributed by atoms with Crippen LogP contribution in [0.4, 0.5) is 0 Å². The van der Waals surface area contributed by atoms with Gasteiger partial charge in [-0.1, -0.05) is 60.7 Å². The number of nitrogens with zero attached hydrogens (tertiary/aromatic N) is 2. The maximum atomic E-state index is 13.5. The molecule has 0 N–H and O–H groups in total. The molecule has 0 aliphatic carbocycles. The molecule has 138 valence electrons. The predicted octanol–water partition coefficient (Wildman–Crippen LogP) is 5.79. The Bertz CT molecular complexity index is 1100. The number of carbonyl (C=O) groups is 1. The lowest BCUT2D eigenvalue weighted by Crippen LogP contribution is -2.30. The molecule has 0 bridgehead atoms. The van der Waals surface area contributed by atoms with E-state index in [-0.39, 0.29) is 5.91 Å². The maximum Gasteiger partial charge on any atom is 0.255 e. The molecule has 0 spiro atoms. The van der Waals surface area contributed by atoms with Crippen LogP contribution >= 0.6 is 11.3 Å². The molecule has 0 unspecified atom stereocenters. The molecule has 4 heteroatoms. The lowest BCUT2D eigenvalue weighted by Gasteiger charge is -2.22.